The summed E-state index contributed by atoms with van der Waals surface area (Å²) in [5.41, 5.74) is 1.85. The number of likely N-dealkylation sites (N-methyl/N-ethyl adjacent to an activating group) is 1. The topological polar surface area (TPSA) is 18.5 Å². The van der Waals surface area contributed by atoms with Gasteiger partial charge in [-0.05, 0) is 39.1 Å². The van der Waals surface area contributed by atoms with Crippen molar-refractivity contribution in [1.29, 1.82) is 0 Å². The van der Waals surface area contributed by atoms with Crippen molar-refractivity contribution in [2.45, 2.75) is 32.9 Å². The van der Waals surface area contributed by atoms with E-state index in [9.17, 15) is 4.39 Å². The molecule has 0 aromatic heterocycles. The van der Waals surface area contributed by atoms with E-state index in [1.165, 1.54) is 0 Å². The molecule has 1 saturated heterocycles. The van der Waals surface area contributed by atoms with E-state index in [4.69, 9.17) is 0 Å². The van der Waals surface area contributed by atoms with E-state index in [0.717, 1.165) is 43.9 Å². The fourth-order valence-electron chi connectivity index (χ4n) is 2.68. The van der Waals surface area contributed by atoms with E-state index < -0.39 is 0 Å². The van der Waals surface area contributed by atoms with Crippen LogP contribution in [0.5, 0.6) is 0 Å². The van der Waals surface area contributed by atoms with Crippen LogP contribution in [-0.2, 0) is 6.54 Å². The van der Waals surface area contributed by atoms with Gasteiger partial charge in [0.25, 0.3) is 0 Å². The van der Waals surface area contributed by atoms with Gasteiger partial charge in [-0.1, -0.05) is 13.0 Å². The number of piperazine rings is 1. The lowest BCUT2D eigenvalue weighted by Crippen LogP contribution is -2.50. The molecule has 0 bridgehead atoms. The molecule has 112 valence electrons. The molecule has 0 aliphatic carbocycles. The van der Waals surface area contributed by atoms with Crippen LogP contribution in [0.4, 0.5) is 10.1 Å². The molecule has 0 spiro atoms. The zero-order chi connectivity index (χ0) is 14.5. The van der Waals surface area contributed by atoms with Crippen molar-refractivity contribution < 1.29 is 4.39 Å². The molecule has 4 heteroatoms. The zero-order valence-corrected chi connectivity index (χ0v) is 12.8. The Bertz CT molecular complexity index is 436. The number of hydrogen-bond acceptors (Lipinski definition) is 3. The number of anilines is 1. The minimum atomic E-state index is -0.0994. The predicted molar refractivity (Wildman–Crippen MR) is 82.7 cm³/mol. The summed E-state index contributed by atoms with van der Waals surface area (Å²) in [6.45, 7) is 8.83. The van der Waals surface area contributed by atoms with E-state index >= 15 is 0 Å². The summed E-state index contributed by atoms with van der Waals surface area (Å²) in [5.74, 6) is -0.0994. The van der Waals surface area contributed by atoms with Crippen LogP contribution in [0.2, 0.25) is 0 Å². The van der Waals surface area contributed by atoms with Crippen LogP contribution in [0.15, 0.2) is 18.2 Å². The van der Waals surface area contributed by atoms with Crippen LogP contribution in [-0.4, -0.2) is 44.2 Å². The fourth-order valence-corrected chi connectivity index (χ4v) is 2.68. The average molecular weight is 279 g/mol. The maximum Gasteiger partial charge on any atom is 0.129 e. The Kier molecular flexibility index (Phi) is 5.38. The summed E-state index contributed by atoms with van der Waals surface area (Å²) >= 11 is 0. The second kappa shape index (κ2) is 7.04. The van der Waals surface area contributed by atoms with Gasteiger partial charge in [-0.3, -0.25) is 0 Å². The first-order valence-electron chi connectivity index (χ1n) is 7.56. The van der Waals surface area contributed by atoms with E-state index in [1.54, 1.807) is 6.07 Å². The Morgan fingerprint density at radius 1 is 1.35 bits per heavy atom. The summed E-state index contributed by atoms with van der Waals surface area (Å²) < 4.78 is 14.1. The van der Waals surface area contributed by atoms with Crippen molar-refractivity contribution in [3.63, 3.8) is 0 Å². The number of nitrogens with zero attached hydrogens (tertiary/aromatic N) is 2. The van der Waals surface area contributed by atoms with Crippen molar-refractivity contribution in [3.05, 3.63) is 29.6 Å². The van der Waals surface area contributed by atoms with E-state index in [1.807, 2.05) is 12.1 Å². The lowest BCUT2D eigenvalue weighted by atomic mass is 10.1. The maximum atomic E-state index is 14.1. The quantitative estimate of drug-likeness (QED) is 0.835. The molecule has 0 radical (unpaired) electrons. The first kappa shape index (κ1) is 15.3. The number of rotatable bonds is 5. The molecule has 1 N–H and O–H groups in total. The van der Waals surface area contributed by atoms with Gasteiger partial charge in [-0.25, -0.2) is 4.39 Å². The first-order valence-corrected chi connectivity index (χ1v) is 7.56. The minimum absolute atomic E-state index is 0.0994. The van der Waals surface area contributed by atoms with Gasteiger partial charge in [0.2, 0.25) is 0 Å². The molecule has 1 unspecified atom stereocenters. The molecular formula is C16H26FN3. The second-order valence-corrected chi connectivity index (χ2v) is 5.69. The SMILES string of the molecule is CCCNCc1c(F)cccc1N1CCN(C)C(C)C1. The molecule has 3 nitrogen and oxygen atoms in total. The molecule has 1 aliphatic heterocycles. The van der Waals surface area contributed by atoms with Gasteiger partial charge in [-0.15, -0.1) is 0 Å². The van der Waals surface area contributed by atoms with Gasteiger partial charge in [0.05, 0.1) is 0 Å². The summed E-state index contributed by atoms with van der Waals surface area (Å²) in [5, 5.41) is 3.31. The van der Waals surface area contributed by atoms with Crippen LogP contribution in [0, 0.1) is 5.82 Å². The summed E-state index contributed by atoms with van der Waals surface area (Å²) in [7, 11) is 2.15. The van der Waals surface area contributed by atoms with Crippen LogP contribution in [0.3, 0.4) is 0 Å². The fraction of sp³-hybridized carbons (Fsp3) is 0.625. The van der Waals surface area contributed by atoms with Gasteiger partial charge in [-0.2, -0.15) is 0 Å². The van der Waals surface area contributed by atoms with E-state index in [2.05, 4.69) is 36.0 Å². The van der Waals surface area contributed by atoms with Crippen molar-refractivity contribution in [1.82, 2.24) is 10.2 Å². The third-order valence-corrected chi connectivity index (χ3v) is 4.12. The van der Waals surface area contributed by atoms with Crippen molar-refractivity contribution in [2.24, 2.45) is 0 Å². The zero-order valence-electron chi connectivity index (χ0n) is 12.8. The van der Waals surface area contributed by atoms with E-state index in [0.29, 0.717) is 12.6 Å². The summed E-state index contributed by atoms with van der Waals surface area (Å²) in [4.78, 5) is 4.67. The van der Waals surface area contributed by atoms with Crippen LogP contribution < -0.4 is 10.2 Å². The highest BCUT2D eigenvalue weighted by Gasteiger charge is 2.23. The Morgan fingerprint density at radius 3 is 2.85 bits per heavy atom. The third kappa shape index (κ3) is 3.49. The number of hydrogen-bond donors (Lipinski definition) is 1. The van der Waals surface area contributed by atoms with Gasteiger partial charge in [0, 0.05) is 43.5 Å². The van der Waals surface area contributed by atoms with Gasteiger partial charge >= 0.3 is 0 Å². The van der Waals surface area contributed by atoms with Crippen LogP contribution >= 0.6 is 0 Å². The van der Waals surface area contributed by atoms with Crippen molar-refractivity contribution >= 4 is 5.69 Å². The van der Waals surface area contributed by atoms with Crippen LogP contribution in [0.1, 0.15) is 25.8 Å². The van der Waals surface area contributed by atoms with E-state index in [-0.39, 0.29) is 5.82 Å². The van der Waals surface area contributed by atoms with Crippen molar-refractivity contribution in [2.75, 3.05) is 38.1 Å². The Morgan fingerprint density at radius 2 is 2.15 bits per heavy atom. The Labute approximate surface area is 121 Å². The molecule has 1 aliphatic rings. The van der Waals surface area contributed by atoms with Crippen molar-refractivity contribution in [3.8, 4) is 0 Å². The number of halogens is 1. The van der Waals surface area contributed by atoms with Gasteiger partial charge < -0.3 is 15.1 Å². The molecule has 1 fully saturated rings. The molecule has 20 heavy (non-hydrogen) atoms. The number of nitrogens with one attached hydrogen (secondary N) is 1. The highest BCUT2D eigenvalue weighted by molar-refractivity contribution is 5.54. The van der Waals surface area contributed by atoms with Crippen LogP contribution in [0.25, 0.3) is 0 Å². The molecule has 0 saturated carbocycles. The average Bonchev–Trinajstić information content (AvgIpc) is 2.44. The lowest BCUT2D eigenvalue weighted by Gasteiger charge is -2.39. The molecule has 2 rings (SSSR count). The van der Waals surface area contributed by atoms with Gasteiger partial charge in [0.1, 0.15) is 5.82 Å². The molecule has 1 aromatic rings. The predicted octanol–water partition coefficient (Wildman–Crippen LogP) is 2.47. The molecular weight excluding hydrogens is 253 g/mol. The Balaban J connectivity index is 2.16. The molecule has 1 heterocycles. The highest BCUT2D eigenvalue weighted by Crippen LogP contribution is 2.25. The molecule has 1 atom stereocenters. The maximum absolute atomic E-state index is 14.1. The molecule has 1 aromatic carbocycles. The standard InChI is InChI=1S/C16H26FN3/c1-4-8-18-11-14-15(17)6-5-7-16(14)20-10-9-19(3)13(2)12-20/h5-7,13,18H,4,8-12H2,1-3H3. The summed E-state index contributed by atoms with van der Waals surface area (Å²) in [6, 6.07) is 5.93. The largest absolute Gasteiger partial charge is 0.368 e. The van der Waals surface area contributed by atoms with Gasteiger partial charge in [0.15, 0.2) is 0 Å². The highest BCUT2D eigenvalue weighted by atomic mass is 19.1. The second-order valence-electron chi connectivity index (χ2n) is 5.69. The first-order chi connectivity index (χ1) is 9.63. The Hall–Kier alpha value is -1.13. The lowest BCUT2D eigenvalue weighted by molar-refractivity contribution is 0.234. The summed E-state index contributed by atoms with van der Waals surface area (Å²) in [6.07, 6.45) is 1.06. The number of benzene rings is 1. The minimum Gasteiger partial charge on any atom is -0.368 e. The molecule has 0 amide bonds. The third-order valence-electron chi connectivity index (χ3n) is 4.12. The smallest absolute Gasteiger partial charge is 0.129 e. The monoisotopic (exact) mass is 279 g/mol. The normalized spacial score (nSPS) is 20.4.